The van der Waals surface area contributed by atoms with Gasteiger partial charge < -0.3 is 11.5 Å². The molecule has 0 saturated carbocycles. The average Bonchev–Trinajstić information content (AvgIpc) is 2.12. The summed E-state index contributed by atoms with van der Waals surface area (Å²) in [5.74, 6) is -0.740. The fourth-order valence-electron chi connectivity index (χ4n) is 1.11. The second-order valence-electron chi connectivity index (χ2n) is 3.12. The van der Waals surface area contributed by atoms with Gasteiger partial charge in [0.25, 0.3) is 0 Å². The Morgan fingerprint density at radius 2 is 1.88 bits per heavy atom. The molecule has 0 aliphatic carbocycles. The molecule has 0 atom stereocenters. The molecule has 6 heteroatoms. The number of hydrogen-bond donors (Lipinski definition) is 2. The molecule has 1 rings (SSSR count). The van der Waals surface area contributed by atoms with Crippen LogP contribution in [-0.2, 0) is 11.0 Å². The zero-order valence-corrected chi connectivity index (χ0v) is 8.08. The molecule has 4 N–H and O–H groups in total. The monoisotopic (exact) mass is 230 g/mol. The van der Waals surface area contributed by atoms with Crippen LogP contribution < -0.4 is 11.5 Å². The molecule has 86 valence electrons. The van der Waals surface area contributed by atoms with Gasteiger partial charge in [0.05, 0.1) is 5.56 Å². The molecule has 1 amide bonds. The van der Waals surface area contributed by atoms with Crippen molar-refractivity contribution in [1.82, 2.24) is 0 Å². The quantitative estimate of drug-likeness (QED) is 0.600. The lowest BCUT2D eigenvalue weighted by Crippen LogP contribution is -2.07. The number of nitrogen functional groups attached to an aromatic ring is 1. The first kappa shape index (κ1) is 12.1. The van der Waals surface area contributed by atoms with Crippen molar-refractivity contribution in [2.45, 2.75) is 6.18 Å². The second kappa shape index (κ2) is 4.26. The van der Waals surface area contributed by atoms with Crippen LogP contribution in [-0.4, -0.2) is 5.91 Å². The second-order valence-corrected chi connectivity index (χ2v) is 3.12. The summed E-state index contributed by atoms with van der Waals surface area (Å²) in [6, 6.07) is 3.02. The Bertz CT molecular complexity index is 438. The molecule has 0 aliphatic heterocycles. The molecule has 0 unspecified atom stereocenters. The number of carbonyl (C=O) groups excluding carboxylic acids is 1. The van der Waals surface area contributed by atoms with E-state index in [1.165, 1.54) is 12.1 Å². The van der Waals surface area contributed by atoms with E-state index in [1.54, 1.807) is 0 Å². The molecule has 1 aromatic carbocycles. The van der Waals surface area contributed by atoms with Gasteiger partial charge in [0.15, 0.2) is 0 Å². The van der Waals surface area contributed by atoms with Gasteiger partial charge in [-0.1, -0.05) is 0 Å². The molecule has 16 heavy (non-hydrogen) atoms. The third kappa shape index (κ3) is 3.30. The van der Waals surface area contributed by atoms with Crippen LogP contribution in [0, 0.1) is 0 Å². The number of anilines is 1. The predicted molar refractivity (Wildman–Crippen MR) is 54.1 cm³/mol. The maximum atomic E-state index is 12.4. The first-order valence-corrected chi connectivity index (χ1v) is 4.24. The van der Waals surface area contributed by atoms with Crippen LogP contribution in [0.1, 0.15) is 11.1 Å². The summed E-state index contributed by atoms with van der Waals surface area (Å²) < 4.78 is 37.1. The zero-order valence-electron chi connectivity index (χ0n) is 8.08. The minimum absolute atomic E-state index is 0.0288. The lowest BCUT2D eigenvalue weighted by Gasteiger charge is -2.08. The van der Waals surface area contributed by atoms with E-state index in [-0.39, 0.29) is 11.3 Å². The van der Waals surface area contributed by atoms with Crippen LogP contribution >= 0.6 is 0 Å². The Balaban J connectivity index is 3.13. The summed E-state index contributed by atoms with van der Waals surface area (Å²) in [7, 11) is 0. The maximum absolute atomic E-state index is 12.4. The van der Waals surface area contributed by atoms with Gasteiger partial charge in [0.1, 0.15) is 0 Å². The number of rotatable bonds is 2. The molecule has 0 bridgehead atoms. The van der Waals surface area contributed by atoms with Gasteiger partial charge in [-0.15, -0.1) is 0 Å². The fourth-order valence-corrected chi connectivity index (χ4v) is 1.11. The van der Waals surface area contributed by atoms with Gasteiger partial charge in [-0.25, -0.2) is 0 Å². The lowest BCUT2D eigenvalue weighted by atomic mass is 10.1. The van der Waals surface area contributed by atoms with Crippen LogP contribution in [0.25, 0.3) is 6.08 Å². The van der Waals surface area contributed by atoms with E-state index in [0.717, 1.165) is 18.2 Å². The van der Waals surface area contributed by atoms with Gasteiger partial charge >= 0.3 is 6.18 Å². The third-order valence-electron chi connectivity index (χ3n) is 1.75. The fraction of sp³-hybridized carbons (Fsp3) is 0.100. The summed E-state index contributed by atoms with van der Waals surface area (Å²) in [6.45, 7) is 0. The normalized spacial score (nSPS) is 11.9. The molecule has 0 saturated heterocycles. The molecule has 0 aliphatic rings. The minimum Gasteiger partial charge on any atom is -0.399 e. The van der Waals surface area contributed by atoms with E-state index < -0.39 is 17.6 Å². The van der Waals surface area contributed by atoms with E-state index >= 15 is 0 Å². The van der Waals surface area contributed by atoms with E-state index in [0.29, 0.717) is 0 Å². The number of primary amides is 1. The highest BCUT2D eigenvalue weighted by atomic mass is 19.4. The predicted octanol–water partition coefficient (Wildman–Crippen LogP) is 1.79. The Hall–Kier alpha value is -1.98. The number of benzene rings is 1. The van der Waals surface area contributed by atoms with Crippen LogP contribution in [0.4, 0.5) is 18.9 Å². The van der Waals surface area contributed by atoms with Crippen LogP contribution in [0.2, 0.25) is 0 Å². The van der Waals surface area contributed by atoms with Crippen molar-refractivity contribution in [3.63, 3.8) is 0 Å². The van der Waals surface area contributed by atoms with Crippen LogP contribution in [0.3, 0.4) is 0 Å². The zero-order chi connectivity index (χ0) is 12.3. The highest BCUT2D eigenvalue weighted by Crippen LogP contribution is 2.31. The Morgan fingerprint density at radius 1 is 1.25 bits per heavy atom. The van der Waals surface area contributed by atoms with Gasteiger partial charge in [0, 0.05) is 11.8 Å². The molecule has 0 heterocycles. The van der Waals surface area contributed by atoms with Crippen LogP contribution in [0.15, 0.2) is 24.3 Å². The Kier molecular flexibility index (Phi) is 3.22. The summed E-state index contributed by atoms with van der Waals surface area (Å²) >= 11 is 0. The van der Waals surface area contributed by atoms with Crippen molar-refractivity contribution in [3.05, 3.63) is 35.4 Å². The van der Waals surface area contributed by atoms with E-state index in [2.05, 4.69) is 0 Å². The van der Waals surface area contributed by atoms with Crippen molar-refractivity contribution in [2.24, 2.45) is 5.73 Å². The molecule has 0 fully saturated rings. The summed E-state index contributed by atoms with van der Waals surface area (Å²) in [4.78, 5) is 10.4. The SMILES string of the molecule is NC(=O)C=Cc1cc(N)cc(C(F)(F)F)c1. The number of alkyl halides is 3. The van der Waals surface area contributed by atoms with E-state index in [9.17, 15) is 18.0 Å². The molecule has 0 aromatic heterocycles. The van der Waals surface area contributed by atoms with Gasteiger partial charge in [-0.05, 0) is 29.8 Å². The molecule has 1 aromatic rings. The third-order valence-corrected chi connectivity index (χ3v) is 1.75. The van der Waals surface area contributed by atoms with Crippen molar-refractivity contribution in [1.29, 1.82) is 0 Å². The molecule has 0 spiro atoms. The Labute approximate surface area is 89.5 Å². The topological polar surface area (TPSA) is 69.1 Å². The number of nitrogens with two attached hydrogens (primary N) is 2. The first-order chi connectivity index (χ1) is 7.29. The molecular formula is C10H9F3N2O. The van der Waals surface area contributed by atoms with Gasteiger partial charge in [-0.3, -0.25) is 4.79 Å². The lowest BCUT2D eigenvalue weighted by molar-refractivity contribution is -0.137. The highest BCUT2D eigenvalue weighted by molar-refractivity contribution is 5.90. The number of hydrogen-bond acceptors (Lipinski definition) is 2. The standard InChI is InChI=1S/C10H9F3N2O/c11-10(12,13)7-3-6(1-2-9(15)16)4-8(14)5-7/h1-5H,14H2,(H2,15,16). The summed E-state index contributed by atoms with van der Waals surface area (Å²) in [5, 5.41) is 0. The Morgan fingerprint density at radius 3 is 2.38 bits per heavy atom. The minimum atomic E-state index is -4.47. The summed E-state index contributed by atoms with van der Waals surface area (Å²) in [5.41, 5.74) is 9.41. The first-order valence-electron chi connectivity index (χ1n) is 4.24. The van der Waals surface area contributed by atoms with E-state index in [1.807, 2.05) is 0 Å². The van der Waals surface area contributed by atoms with Crippen molar-refractivity contribution >= 4 is 17.7 Å². The largest absolute Gasteiger partial charge is 0.416 e. The van der Waals surface area contributed by atoms with Gasteiger partial charge in [0.2, 0.25) is 5.91 Å². The van der Waals surface area contributed by atoms with Crippen molar-refractivity contribution in [3.8, 4) is 0 Å². The number of halogens is 3. The summed E-state index contributed by atoms with van der Waals surface area (Å²) in [6.07, 6.45) is -2.33. The highest BCUT2D eigenvalue weighted by Gasteiger charge is 2.30. The van der Waals surface area contributed by atoms with Gasteiger partial charge in [-0.2, -0.15) is 13.2 Å². The number of amides is 1. The van der Waals surface area contributed by atoms with E-state index in [4.69, 9.17) is 11.5 Å². The smallest absolute Gasteiger partial charge is 0.399 e. The molecular weight excluding hydrogens is 221 g/mol. The van der Waals surface area contributed by atoms with Crippen LogP contribution in [0.5, 0.6) is 0 Å². The number of carbonyl (C=O) groups is 1. The average molecular weight is 230 g/mol. The molecule has 3 nitrogen and oxygen atoms in total. The van der Waals surface area contributed by atoms with Crippen molar-refractivity contribution < 1.29 is 18.0 Å². The van der Waals surface area contributed by atoms with Crippen molar-refractivity contribution in [2.75, 3.05) is 5.73 Å². The molecule has 0 radical (unpaired) electrons. The maximum Gasteiger partial charge on any atom is 0.416 e.